The van der Waals surface area contributed by atoms with Crippen LogP contribution in [0.1, 0.15) is 28.4 Å². The standard InChI is InChI=1S/C17H18N2OS/c1-3-13-7-9-15(10-8-13)18-17(21)19-16(20)14-6-4-5-12(2)11-14/h4-11H,3H2,1-2H3,(H2,18,19,20,21). The van der Waals surface area contributed by atoms with Crippen molar-refractivity contribution in [3.8, 4) is 0 Å². The third kappa shape index (κ3) is 4.39. The van der Waals surface area contributed by atoms with Crippen LogP contribution in [0.25, 0.3) is 0 Å². The number of aryl methyl sites for hydroxylation is 2. The van der Waals surface area contributed by atoms with Gasteiger partial charge < -0.3 is 5.32 Å². The van der Waals surface area contributed by atoms with Crippen molar-refractivity contribution in [1.82, 2.24) is 5.32 Å². The van der Waals surface area contributed by atoms with Crippen LogP contribution >= 0.6 is 12.2 Å². The van der Waals surface area contributed by atoms with E-state index in [0.29, 0.717) is 10.7 Å². The van der Waals surface area contributed by atoms with Crippen molar-refractivity contribution >= 4 is 28.9 Å². The van der Waals surface area contributed by atoms with E-state index in [9.17, 15) is 4.79 Å². The first-order chi connectivity index (χ1) is 10.1. The van der Waals surface area contributed by atoms with Crippen molar-refractivity contribution in [2.45, 2.75) is 20.3 Å². The number of amides is 1. The minimum atomic E-state index is -0.207. The molecule has 2 N–H and O–H groups in total. The zero-order chi connectivity index (χ0) is 15.2. The number of carbonyl (C=O) groups is 1. The van der Waals surface area contributed by atoms with E-state index in [1.807, 2.05) is 49.4 Å². The first-order valence-corrected chi connectivity index (χ1v) is 7.27. The van der Waals surface area contributed by atoms with Crippen LogP contribution < -0.4 is 10.6 Å². The van der Waals surface area contributed by atoms with E-state index in [-0.39, 0.29) is 5.91 Å². The Morgan fingerprint density at radius 2 is 1.86 bits per heavy atom. The molecule has 4 heteroatoms. The second kappa shape index (κ2) is 6.99. The molecule has 0 radical (unpaired) electrons. The zero-order valence-corrected chi connectivity index (χ0v) is 13.0. The SMILES string of the molecule is CCc1ccc(NC(=S)NC(=O)c2cccc(C)c2)cc1. The van der Waals surface area contributed by atoms with E-state index in [0.717, 1.165) is 17.7 Å². The smallest absolute Gasteiger partial charge is 0.257 e. The molecule has 3 nitrogen and oxygen atoms in total. The Morgan fingerprint density at radius 1 is 1.14 bits per heavy atom. The summed E-state index contributed by atoms with van der Waals surface area (Å²) >= 11 is 5.16. The van der Waals surface area contributed by atoms with Gasteiger partial charge >= 0.3 is 0 Å². The fourth-order valence-electron chi connectivity index (χ4n) is 1.95. The maximum absolute atomic E-state index is 12.1. The van der Waals surface area contributed by atoms with Crippen molar-refractivity contribution in [2.24, 2.45) is 0 Å². The lowest BCUT2D eigenvalue weighted by Gasteiger charge is -2.10. The van der Waals surface area contributed by atoms with Gasteiger partial charge in [0.25, 0.3) is 5.91 Å². The number of hydrogen-bond donors (Lipinski definition) is 2. The Bertz CT molecular complexity index is 650. The lowest BCUT2D eigenvalue weighted by molar-refractivity contribution is 0.0977. The average molecular weight is 298 g/mol. The van der Waals surface area contributed by atoms with Gasteiger partial charge in [-0.15, -0.1) is 0 Å². The lowest BCUT2D eigenvalue weighted by atomic mass is 10.1. The molecule has 0 fully saturated rings. The Balaban J connectivity index is 1.96. The fourth-order valence-corrected chi connectivity index (χ4v) is 2.16. The molecular weight excluding hydrogens is 280 g/mol. The second-order valence-corrected chi connectivity index (χ2v) is 5.24. The molecule has 0 atom stereocenters. The molecule has 108 valence electrons. The molecule has 0 aliphatic heterocycles. The first-order valence-electron chi connectivity index (χ1n) is 6.86. The maximum atomic E-state index is 12.1. The van der Waals surface area contributed by atoms with Gasteiger partial charge in [-0.05, 0) is 55.4 Å². The number of hydrogen-bond acceptors (Lipinski definition) is 2. The zero-order valence-electron chi connectivity index (χ0n) is 12.1. The molecule has 0 aliphatic rings. The van der Waals surface area contributed by atoms with E-state index in [1.165, 1.54) is 5.56 Å². The largest absolute Gasteiger partial charge is 0.332 e. The summed E-state index contributed by atoms with van der Waals surface area (Å²) in [6, 6.07) is 15.4. The molecule has 0 saturated carbocycles. The van der Waals surface area contributed by atoms with Gasteiger partial charge in [-0.25, -0.2) is 0 Å². The summed E-state index contributed by atoms with van der Waals surface area (Å²) in [6.45, 7) is 4.05. The molecule has 0 bridgehead atoms. The third-order valence-corrected chi connectivity index (χ3v) is 3.33. The maximum Gasteiger partial charge on any atom is 0.257 e. The van der Waals surface area contributed by atoms with Crippen LogP contribution in [0.3, 0.4) is 0 Å². The molecule has 0 heterocycles. The molecule has 21 heavy (non-hydrogen) atoms. The highest BCUT2D eigenvalue weighted by Crippen LogP contribution is 2.10. The van der Waals surface area contributed by atoms with Gasteiger partial charge in [-0.2, -0.15) is 0 Å². The van der Waals surface area contributed by atoms with Crippen molar-refractivity contribution in [3.05, 3.63) is 65.2 Å². The van der Waals surface area contributed by atoms with Crippen LogP contribution in [0.4, 0.5) is 5.69 Å². The molecule has 2 aromatic carbocycles. The molecule has 0 aliphatic carbocycles. The summed E-state index contributed by atoms with van der Waals surface area (Å²) in [5, 5.41) is 5.99. The van der Waals surface area contributed by atoms with Crippen LogP contribution in [0.5, 0.6) is 0 Å². The van der Waals surface area contributed by atoms with E-state index in [2.05, 4.69) is 17.6 Å². The van der Waals surface area contributed by atoms with Crippen LogP contribution in [0.2, 0.25) is 0 Å². The molecule has 0 saturated heterocycles. The quantitative estimate of drug-likeness (QED) is 0.849. The Labute approximate surface area is 130 Å². The number of rotatable bonds is 3. The van der Waals surface area contributed by atoms with Crippen LogP contribution in [0, 0.1) is 6.92 Å². The molecule has 1 amide bonds. The van der Waals surface area contributed by atoms with Gasteiger partial charge in [-0.3, -0.25) is 10.1 Å². The highest BCUT2D eigenvalue weighted by atomic mass is 32.1. The van der Waals surface area contributed by atoms with E-state index in [1.54, 1.807) is 6.07 Å². The number of nitrogens with one attached hydrogen (secondary N) is 2. The van der Waals surface area contributed by atoms with Gasteiger partial charge in [-0.1, -0.05) is 36.8 Å². The van der Waals surface area contributed by atoms with Crippen LogP contribution in [-0.4, -0.2) is 11.0 Å². The molecule has 0 spiro atoms. The highest BCUT2D eigenvalue weighted by molar-refractivity contribution is 7.80. The van der Waals surface area contributed by atoms with Crippen molar-refractivity contribution in [1.29, 1.82) is 0 Å². The lowest BCUT2D eigenvalue weighted by Crippen LogP contribution is -2.34. The Kier molecular flexibility index (Phi) is 5.06. The number of benzene rings is 2. The van der Waals surface area contributed by atoms with Crippen LogP contribution in [0.15, 0.2) is 48.5 Å². The van der Waals surface area contributed by atoms with E-state index >= 15 is 0 Å². The molecule has 2 aromatic rings. The van der Waals surface area contributed by atoms with Crippen LogP contribution in [-0.2, 0) is 6.42 Å². The Hall–Kier alpha value is -2.20. The fraction of sp³-hybridized carbons (Fsp3) is 0.176. The molecule has 2 rings (SSSR count). The summed E-state index contributed by atoms with van der Waals surface area (Å²) in [5.41, 5.74) is 3.76. The Morgan fingerprint density at radius 3 is 2.48 bits per heavy atom. The minimum absolute atomic E-state index is 0.207. The predicted octanol–water partition coefficient (Wildman–Crippen LogP) is 3.68. The monoisotopic (exact) mass is 298 g/mol. The predicted molar refractivity (Wildman–Crippen MR) is 90.7 cm³/mol. The number of anilines is 1. The number of thiocarbonyl (C=S) groups is 1. The van der Waals surface area contributed by atoms with Crippen molar-refractivity contribution < 1.29 is 4.79 Å². The normalized spacial score (nSPS) is 10.0. The van der Waals surface area contributed by atoms with Gasteiger partial charge in [0.15, 0.2) is 5.11 Å². The third-order valence-electron chi connectivity index (χ3n) is 3.13. The van der Waals surface area contributed by atoms with E-state index < -0.39 is 0 Å². The summed E-state index contributed by atoms with van der Waals surface area (Å²) in [4.78, 5) is 12.1. The van der Waals surface area contributed by atoms with E-state index in [4.69, 9.17) is 12.2 Å². The molecular formula is C17H18N2OS. The van der Waals surface area contributed by atoms with Gasteiger partial charge in [0.05, 0.1) is 0 Å². The summed E-state index contributed by atoms with van der Waals surface area (Å²) in [7, 11) is 0. The second-order valence-electron chi connectivity index (χ2n) is 4.83. The average Bonchev–Trinajstić information content (AvgIpc) is 2.48. The first kappa shape index (κ1) is 15.2. The van der Waals surface area contributed by atoms with Gasteiger partial charge in [0.2, 0.25) is 0 Å². The molecule has 0 aromatic heterocycles. The number of carbonyl (C=O) groups excluding carboxylic acids is 1. The van der Waals surface area contributed by atoms with Crippen molar-refractivity contribution in [2.75, 3.05) is 5.32 Å². The van der Waals surface area contributed by atoms with Crippen molar-refractivity contribution in [3.63, 3.8) is 0 Å². The van der Waals surface area contributed by atoms with Gasteiger partial charge in [0.1, 0.15) is 0 Å². The minimum Gasteiger partial charge on any atom is -0.332 e. The van der Waals surface area contributed by atoms with Gasteiger partial charge in [0, 0.05) is 11.3 Å². The summed E-state index contributed by atoms with van der Waals surface area (Å²) in [5.74, 6) is -0.207. The summed E-state index contributed by atoms with van der Waals surface area (Å²) < 4.78 is 0. The topological polar surface area (TPSA) is 41.1 Å². The highest BCUT2D eigenvalue weighted by Gasteiger charge is 2.07. The summed E-state index contributed by atoms with van der Waals surface area (Å²) in [6.07, 6.45) is 0.995. The molecule has 0 unspecified atom stereocenters.